The van der Waals surface area contributed by atoms with E-state index >= 15 is 0 Å². The molecule has 0 amide bonds. The number of aromatic nitrogens is 1. The molecule has 0 unspecified atom stereocenters. The first-order valence-electron chi connectivity index (χ1n) is 7.86. The normalized spacial score (nSPS) is 17.1. The highest BCUT2D eigenvalue weighted by molar-refractivity contribution is 7.99. The van der Waals surface area contributed by atoms with Crippen molar-refractivity contribution in [2.45, 2.75) is 34.9 Å². The summed E-state index contributed by atoms with van der Waals surface area (Å²) in [5.74, 6) is 0. The molecular formula is C17H19ClN2O2S2. The van der Waals surface area contributed by atoms with Gasteiger partial charge in [0.1, 0.15) is 4.90 Å². The Morgan fingerprint density at radius 3 is 2.50 bits per heavy atom. The molecule has 1 fully saturated rings. The lowest BCUT2D eigenvalue weighted by Crippen LogP contribution is -2.27. The molecule has 0 spiro atoms. The van der Waals surface area contributed by atoms with Crippen LogP contribution >= 0.6 is 23.4 Å². The fourth-order valence-electron chi connectivity index (χ4n) is 2.72. The van der Waals surface area contributed by atoms with E-state index in [4.69, 9.17) is 11.6 Å². The van der Waals surface area contributed by atoms with Crippen LogP contribution in [-0.2, 0) is 10.0 Å². The smallest absolute Gasteiger partial charge is 0.244 e. The molecule has 0 saturated carbocycles. The van der Waals surface area contributed by atoms with Gasteiger partial charge in [0.05, 0.1) is 5.03 Å². The third-order valence-corrected chi connectivity index (χ3v) is 7.37. The molecule has 2 aromatic rings. The van der Waals surface area contributed by atoms with Gasteiger partial charge in [0, 0.05) is 29.6 Å². The summed E-state index contributed by atoms with van der Waals surface area (Å²) in [6.45, 7) is 3.26. The third-order valence-electron chi connectivity index (χ3n) is 4.05. The van der Waals surface area contributed by atoms with Gasteiger partial charge in [-0.05, 0) is 43.5 Å². The van der Waals surface area contributed by atoms with Gasteiger partial charge in [0.2, 0.25) is 10.0 Å². The largest absolute Gasteiger partial charge is 0.249 e. The van der Waals surface area contributed by atoms with Crippen molar-refractivity contribution in [3.05, 3.63) is 53.2 Å². The Bertz CT molecular complexity index is 804. The monoisotopic (exact) mass is 382 g/mol. The van der Waals surface area contributed by atoms with Gasteiger partial charge in [0.15, 0.2) is 0 Å². The first-order valence-corrected chi connectivity index (χ1v) is 10.6. The average Bonchev–Trinajstić information content (AvgIpc) is 3.11. The molecule has 1 aromatic carbocycles. The first-order chi connectivity index (χ1) is 11.5. The maximum absolute atomic E-state index is 12.5. The maximum Gasteiger partial charge on any atom is 0.244 e. The molecule has 4 nitrogen and oxygen atoms in total. The molecule has 1 saturated heterocycles. The molecule has 1 aromatic heterocycles. The topological polar surface area (TPSA) is 50.3 Å². The highest BCUT2D eigenvalue weighted by Gasteiger charge is 2.27. The van der Waals surface area contributed by atoms with Crippen LogP contribution in [0.1, 0.15) is 30.6 Å². The van der Waals surface area contributed by atoms with E-state index in [9.17, 15) is 8.42 Å². The number of hydrogen-bond donors (Lipinski definition) is 0. The fourth-order valence-corrected chi connectivity index (χ4v) is 5.50. The van der Waals surface area contributed by atoms with Gasteiger partial charge < -0.3 is 0 Å². The van der Waals surface area contributed by atoms with E-state index in [2.05, 4.69) is 11.9 Å². The van der Waals surface area contributed by atoms with E-state index in [1.807, 2.05) is 24.3 Å². The van der Waals surface area contributed by atoms with E-state index in [0.29, 0.717) is 13.1 Å². The molecule has 1 atom stereocenters. The SMILES string of the molecule is C[C@H](Sc1ccc(S(=O)(=O)N2CCCC2)cn1)c1ccccc1Cl. The van der Waals surface area contributed by atoms with Gasteiger partial charge in [-0.2, -0.15) is 4.31 Å². The van der Waals surface area contributed by atoms with Gasteiger partial charge in [-0.15, -0.1) is 0 Å². The fraction of sp³-hybridized carbons (Fsp3) is 0.353. The number of sulfonamides is 1. The van der Waals surface area contributed by atoms with Crippen molar-refractivity contribution in [2.75, 3.05) is 13.1 Å². The Hall–Kier alpha value is -1.08. The minimum Gasteiger partial charge on any atom is -0.249 e. The molecule has 7 heteroatoms. The quantitative estimate of drug-likeness (QED) is 0.720. The van der Waals surface area contributed by atoms with Crippen LogP contribution in [0.25, 0.3) is 0 Å². The molecule has 0 N–H and O–H groups in total. The van der Waals surface area contributed by atoms with E-state index in [-0.39, 0.29) is 10.1 Å². The summed E-state index contributed by atoms with van der Waals surface area (Å²) in [5, 5.41) is 1.64. The molecule has 3 rings (SSSR count). The Morgan fingerprint density at radius 2 is 1.88 bits per heavy atom. The zero-order valence-corrected chi connectivity index (χ0v) is 15.7. The maximum atomic E-state index is 12.5. The van der Waals surface area contributed by atoms with Crippen molar-refractivity contribution in [1.29, 1.82) is 0 Å². The zero-order valence-electron chi connectivity index (χ0n) is 13.4. The van der Waals surface area contributed by atoms with Crippen LogP contribution in [0.4, 0.5) is 0 Å². The molecule has 1 aliphatic rings. The second-order valence-corrected chi connectivity index (χ2v) is 9.43. The number of thioether (sulfide) groups is 1. The summed E-state index contributed by atoms with van der Waals surface area (Å²) in [6, 6.07) is 11.1. The lowest BCUT2D eigenvalue weighted by Gasteiger charge is -2.16. The number of pyridine rings is 1. The summed E-state index contributed by atoms with van der Waals surface area (Å²) in [4.78, 5) is 4.59. The Balaban J connectivity index is 1.74. The van der Waals surface area contributed by atoms with Crippen LogP contribution in [0.2, 0.25) is 5.02 Å². The molecule has 0 radical (unpaired) electrons. The van der Waals surface area contributed by atoms with Crippen LogP contribution < -0.4 is 0 Å². The summed E-state index contributed by atoms with van der Waals surface area (Å²) in [7, 11) is -3.40. The predicted molar refractivity (Wildman–Crippen MR) is 98.0 cm³/mol. The number of hydrogen-bond acceptors (Lipinski definition) is 4. The summed E-state index contributed by atoms with van der Waals surface area (Å²) < 4.78 is 26.5. The first kappa shape index (κ1) is 17.7. The standard InChI is InChI=1S/C17H19ClN2O2S2/c1-13(15-6-2-3-7-16(15)18)23-17-9-8-14(12-19-17)24(21,22)20-10-4-5-11-20/h2-3,6-9,12-13H,4-5,10-11H2,1H3/t13-/m0/s1. The van der Waals surface area contributed by atoms with Crippen LogP contribution in [0.15, 0.2) is 52.5 Å². The van der Waals surface area contributed by atoms with E-state index in [1.54, 1.807) is 23.9 Å². The van der Waals surface area contributed by atoms with Crippen molar-refractivity contribution in [3.63, 3.8) is 0 Å². The lowest BCUT2D eigenvalue weighted by molar-refractivity contribution is 0.477. The van der Waals surface area contributed by atoms with Crippen molar-refractivity contribution in [1.82, 2.24) is 9.29 Å². The van der Waals surface area contributed by atoms with Crippen molar-refractivity contribution < 1.29 is 8.42 Å². The predicted octanol–water partition coefficient (Wildman–Crippen LogP) is 4.37. The molecule has 128 valence electrons. The van der Waals surface area contributed by atoms with Crippen LogP contribution in [0, 0.1) is 0 Å². The van der Waals surface area contributed by atoms with Crippen molar-refractivity contribution in [2.24, 2.45) is 0 Å². The molecular weight excluding hydrogens is 364 g/mol. The summed E-state index contributed by atoms with van der Waals surface area (Å²) in [5.41, 5.74) is 1.04. The number of benzene rings is 1. The Morgan fingerprint density at radius 1 is 1.17 bits per heavy atom. The van der Waals surface area contributed by atoms with Gasteiger partial charge in [-0.25, -0.2) is 13.4 Å². The molecule has 1 aliphatic heterocycles. The zero-order chi connectivity index (χ0) is 17.2. The van der Waals surface area contributed by atoms with E-state index in [1.165, 1.54) is 10.5 Å². The van der Waals surface area contributed by atoms with Gasteiger partial charge >= 0.3 is 0 Å². The lowest BCUT2D eigenvalue weighted by atomic mass is 10.2. The second-order valence-electron chi connectivity index (χ2n) is 5.72. The van der Waals surface area contributed by atoms with Crippen molar-refractivity contribution >= 4 is 33.4 Å². The van der Waals surface area contributed by atoms with Crippen LogP contribution in [-0.4, -0.2) is 30.8 Å². The Labute approximate surface area is 152 Å². The summed E-state index contributed by atoms with van der Waals surface area (Å²) in [6.07, 6.45) is 3.31. The van der Waals surface area contributed by atoms with Gasteiger partial charge in [-0.3, -0.25) is 0 Å². The van der Waals surface area contributed by atoms with Crippen LogP contribution in [0.5, 0.6) is 0 Å². The summed E-state index contributed by atoms with van der Waals surface area (Å²) >= 11 is 7.78. The molecule has 0 aliphatic carbocycles. The second kappa shape index (κ2) is 7.44. The minimum absolute atomic E-state index is 0.132. The highest BCUT2D eigenvalue weighted by atomic mass is 35.5. The van der Waals surface area contributed by atoms with E-state index in [0.717, 1.165) is 28.5 Å². The van der Waals surface area contributed by atoms with Gasteiger partial charge in [-0.1, -0.05) is 41.6 Å². The van der Waals surface area contributed by atoms with E-state index < -0.39 is 10.0 Å². The van der Waals surface area contributed by atoms with Gasteiger partial charge in [0.25, 0.3) is 0 Å². The number of nitrogens with zero attached hydrogens (tertiary/aromatic N) is 2. The average molecular weight is 383 g/mol. The van der Waals surface area contributed by atoms with Crippen LogP contribution in [0.3, 0.4) is 0 Å². The molecule has 0 bridgehead atoms. The van der Waals surface area contributed by atoms with Crippen molar-refractivity contribution in [3.8, 4) is 0 Å². The number of rotatable bonds is 5. The molecule has 2 heterocycles. The molecule has 24 heavy (non-hydrogen) atoms. The highest BCUT2D eigenvalue weighted by Crippen LogP contribution is 2.37. The minimum atomic E-state index is -3.40. The number of halogens is 1. The Kier molecular flexibility index (Phi) is 5.49. The third kappa shape index (κ3) is 3.77.